The summed E-state index contributed by atoms with van der Waals surface area (Å²) in [5.41, 5.74) is 1.46. The van der Waals surface area contributed by atoms with Gasteiger partial charge in [0.2, 0.25) is 0 Å². The van der Waals surface area contributed by atoms with Crippen LogP contribution in [0, 0.1) is 5.21 Å². The third-order valence-corrected chi connectivity index (χ3v) is 2.33. The van der Waals surface area contributed by atoms with Crippen molar-refractivity contribution in [3.8, 4) is 0 Å². The summed E-state index contributed by atoms with van der Waals surface area (Å²) in [6.07, 6.45) is 1.40. The molecule has 1 aromatic heterocycles. The molecule has 0 unspecified atom stereocenters. The summed E-state index contributed by atoms with van der Waals surface area (Å²) in [6, 6.07) is 9.48. The Hall–Kier alpha value is -1.61. The van der Waals surface area contributed by atoms with Gasteiger partial charge in [-0.2, -0.15) is 0 Å². The molecule has 4 heteroatoms. The number of hydroxylamine groups is 1. The molecular weight excluding hydrogens is 212 g/mol. The van der Waals surface area contributed by atoms with E-state index in [9.17, 15) is 5.21 Å². The van der Waals surface area contributed by atoms with E-state index in [1.54, 1.807) is 0 Å². The van der Waals surface area contributed by atoms with Crippen molar-refractivity contribution in [3.05, 3.63) is 46.3 Å². The average molecular weight is 221 g/mol. The van der Waals surface area contributed by atoms with Crippen molar-refractivity contribution in [2.45, 2.75) is 0 Å². The molecule has 0 aliphatic heterocycles. The van der Waals surface area contributed by atoms with E-state index >= 15 is 0 Å². The lowest BCUT2D eigenvalue weighted by Gasteiger charge is -2.01. The average Bonchev–Trinajstić information content (AvgIpc) is 2.18. The summed E-state index contributed by atoms with van der Waals surface area (Å²) in [4.78, 5) is 4.20. The molecule has 0 saturated carbocycles. The normalized spacial score (nSPS) is 12.0. The second kappa shape index (κ2) is 3.87. The van der Waals surface area contributed by atoms with E-state index in [2.05, 4.69) is 4.98 Å². The predicted octanol–water partition coefficient (Wildman–Crippen LogP) is 2.45. The maximum atomic E-state index is 10.9. The molecule has 0 atom stereocenters. The first-order valence-corrected chi connectivity index (χ1v) is 4.85. The van der Waals surface area contributed by atoms with Crippen LogP contribution in [0.5, 0.6) is 0 Å². The second-order valence-electron chi connectivity index (χ2n) is 3.24. The standard InChI is InChI=1S/C11H9ClN2O/c1-14(15)7-9-6-8-4-2-3-5-10(8)13-11(9)12/h2-7H,1H3/b14-7-. The fourth-order valence-electron chi connectivity index (χ4n) is 1.40. The van der Waals surface area contributed by atoms with E-state index in [1.807, 2.05) is 30.3 Å². The predicted molar refractivity (Wildman–Crippen MR) is 61.5 cm³/mol. The fourth-order valence-corrected chi connectivity index (χ4v) is 1.59. The minimum Gasteiger partial charge on any atom is -0.624 e. The number of pyridine rings is 1. The molecule has 0 fully saturated rings. The number of benzene rings is 1. The SMILES string of the molecule is C/[N+]([O-])=C/c1cc2ccccc2nc1Cl. The van der Waals surface area contributed by atoms with Gasteiger partial charge in [0.15, 0.2) is 6.21 Å². The monoisotopic (exact) mass is 220 g/mol. The highest BCUT2D eigenvalue weighted by Crippen LogP contribution is 2.18. The van der Waals surface area contributed by atoms with Crippen LogP contribution in [0.1, 0.15) is 5.56 Å². The molecule has 2 aromatic rings. The molecule has 0 N–H and O–H groups in total. The summed E-state index contributed by atoms with van der Waals surface area (Å²) < 4.78 is 0.706. The lowest BCUT2D eigenvalue weighted by atomic mass is 10.2. The third kappa shape index (κ3) is 2.07. The number of hydrogen-bond acceptors (Lipinski definition) is 2. The smallest absolute Gasteiger partial charge is 0.184 e. The summed E-state index contributed by atoms with van der Waals surface area (Å²) >= 11 is 5.94. The van der Waals surface area contributed by atoms with Crippen molar-refractivity contribution >= 4 is 28.7 Å². The highest BCUT2D eigenvalue weighted by atomic mass is 35.5. The number of para-hydroxylation sites is 1. The Labute approximate surface area is 92.2 Å². The van der Waals surface area contributed by atoms with Crippen LogP contribution < -0.4 is 0 Å². The Kier molecular flexibility index (Phi) is 2.56. The molecule has 2 rings (SSSR count). The molecule has 0 aliphatic carbocycles. The van der Waals surface area contributed by atoms with Crippen LogP contribution in [0.2, 0.25) is 5.15 Å². The van der Waals surface area contributed by atoms with Gasteiger partial charge < -0.3 is 5.21 Å². The van der Waals surface area contributed by atoms with Gasteiger partial charge in [-0.3, -0.25) is 0 Å². The fraction of sp³-hybridized carbons (Fsp3) is 0.0909. The van der Waals surface area contributed by atoms with Crippen molar-refractivity contribution < 1.29 is 4.74 Å². The van der Waals surface area contributed by atoms with Crippen LogP contribution in [0.4, 0.5) is 0 Å². The van der Waals surface area contributed by atoms with E-state index in [0.29, 0.717) is 15.5 Å². The zero-order valence-corrected chi connectivity index (χ0v) is 8.90. The Morgan fingerprint density at radius 1 is 1.40 bits per heavy atom. The largest absolute Gasteiger partial charge is 0.624 e. The highest BCUT2D eigenvalue weighted by molar-refractivity contribution is 6.32. The van der Waals surface area contributed by atoms with E-state index in [1.165, 1.54) is 13.3 Å². The number of hydrogen-bond donors (Lipinski definition) is 0. The second-order valence-corrected chi connectivity index (χ2v) is 3.59. The van der Waals surface area contributed by atoms with Crippen molar-refractivity contribution in [2.24, 2.45) is 0 Å². The summed E-state index contributed by atoms with van der Waals surface area (Å²) in [7, 11) is 1.41. The van der Waals surface area contributed by atoms with Crippen molar-refractivity contribution in [1.29, 1.82) is 0 Å². The van der Waals surface area contributed by atoms with Gasteiger partial charge in [0.05, 0.1) is 11.1 Å². The first-order chi connectivity index (χ1) is 7.16. The van der Waals surface area contributed by atoms with Crippen LogP contribution in [0.15, 0.2) is 30.3 Å². The van der Waals surface area contributed by atoms with E-state index in [-0.39, 0.29) is 0 Å². The molecule has 0 saturated heterocycles. The molecule has 1 aromatic carbocycles. The number of nitrogens with zero attached hydrogens (tertiary/aromatic N) is 2. The molecule has 76 valence electrons. The van der Waals surface area contributed by atoms with Gasteiger partial charge in [-0.1, -0.05) is 29.8 Å². The maximum absolute atomic E-state index is 10.9. The van der Waals surface area contributed by atoms with E-state index in [0.717, 1.165) is 10.9 Å². The van der Waals surface area contributed by atoms with Crippen LogP contribution >= 0.6 is 11.6 Å². The minimum atomic E-state index is 0.344. The highest BCUT2D eigenvalue weighted by Gasteiger charge is 2.04. The summed E-state index contributed by atoms with van der Waals surface area (Å²) in [6.45, 7) is 0. The van der Waals surface area contributed by atoms with Crippen LogP contribution in [-0.2, 0) is 0 Å². The number of fused-ring (bicyclic) bond motifs is 1. The number of rotatable bonds is 1. The lowest BCUT2D eigenvalue weighted by molar-refractivity contribution is -0.416. The van der Waals surface area contributed by atoms with Gasteiger partial charge in [-0.25, -0.2) is 9.72 Å². The Morgan fingerprint density at radius 2 is 2.13 bits per heavy atom. The molecule has 0 amide bonds. The van der Waals surface area contributed by atoms with Crippen molar-refractivity contribution in [3.63, 3.8) is 0 Å². The van der Waals surface area contributed by atoms with Crippen molar-refractivity contribution in [1.82, 2.24) is 4.98 Å². The van der Waals surface area contributed by atoms with Crippen LogP contribution in [0.3, 0.4) is 0 Å². The zero-order chi connectivity index (χ0) is 10.8. The van der Waals surface area contributed by atoms with Gasteiger partial charge in [0.1, 0.15) is 12.2 Å². The summed E-state index contributed by atoms with van der Waals surface area (Å²) in [5, 5.41) is 12.2. The topological polar surface area (TPSA) is 39.0 Å². The van der Waals surface area contributed by atoms with Gasteiger partial charge in [0, 0.05) is 5.39 Å². The minimum absolute atomic E-state index is 0.344. The first kappa shape index (κ1) is 9.93. The van der Waals surface area contributed by atoms with Crippen LogP contribution in [0.25, 0.3) is 10.9 Å². The molecule has 3 nitrogen and oxygen atoms in total. The van der Waals surface area contributed by atoms with Gasteiger partial charge >= 0.3 is 0 Å². The van der Waals surface area contributed by atoms with Crippen molar-refractivity contribution in [2.75, 3.05) is 7.05 Å². The Bertz CT molecular complexity index is 533. The number of aromatic nitrogens is 1. The molecular formula is C11H9ClN2O. The van der Waals surface area contributed by atoms with Crippen LogP contribution in [-0.4, -0.2) is 23.0 Å². The summed E-state index contributed by atoms with van der Waals surface area (Å²) in [5.74, 6) is 0. The Balaban J connectivity index is 2.67. The van der Waals surface area contributed by atoms with Gasteiger partial charge in [-0.15, -0.1) is 0 Å². The molecule has 1 heterocycles. The quantitative estimate of drug-likeness (QED) is 0.243. The lowest BCUT2D eigenvalue weighted by Crippen LogP contribution is -1.99. The molecule has 0 bridgehead atoms. The third-order valence-electron chi connectivity index (χ3n) is 2.03. The zero-order valence-electron chi connectivity index (χ0n) is 8.14. The molecule has 0 radical (unpaired) electrons. The van der Waals surface area contributed by atoms with E-state index < -0.39 is 0 Å². The molecule has 0 aliphatic rings. The molecule has 0 spiro atoms. The number of halogens is 1. The Morgan fingerprint density at radius 3 is 2.87 bits per heavy atom. The van der Waals surface area contributed by atoms with Gasteiger partial charge in [-0.05, 0) is 12.1 Å². The first-order valence-electron chi connectivity index (χ1n) is 4.47. The molecule has 15 heavy (non-hydrogen) atoms. The maximum Gasteiger partial charge on any atom is 0.184 e. The van der Waals surface area contributed by atoms with Gasteiger partial charge in [0.25, 0.3) is 0 Å². The van der Waals surface area contributed by atoms with E-state index in [4.69, 9.17) is 11.6 Å².